The fourth-order valence-corrected chi connectivity index (χ4v) is 2.13. The molecule has 0 aliphatic carbocycles. The fraction of sp³-hybridized carbons (Fsp3) is 0.533. The molecule has 0 spiro atoms. The van der Waals surface area contributed by atoms with E-state index in [4.69, 9.17) is 11.6 Å². The summed E-state index contributed by atoms with van der Waals surface area (Å²) in [6, 6.07) is 4.46. The zero-order valence-corrected chi connectivity index (χ0v) is 12.3. The van der Waals surface area contributed by atoms with Crippen LogP contribution in [0, 0.1) is 11.7 Å². The van der Waals surface area contributed by atoms with Gasteiger partial charge in [-0.3, -0.25) is 4.79 Å². The number of nitrogens with one attached hydrogen (secondary N) is 1. The predicted octanol–water partition coefficient (Wildman–Crippen LogP) is 4.43. The number of halogens is 2. The third kappa shape index (κ3) is 4.83. The summed E-state index contributed by atoms with van der Waals surface area (Å²) >= 11 is 5.66. The van der Waals surface area contributed by atoms with Crippen LogP contribution < -0.4 is 5.32 Å². The molecule has 0 heterocycles. The van der Waals surface area contributed by atoms with Gasteiger partial charge < -0.3 is 5.32 Å². The largest absolute Gasteiger partial charge is 0.352 e. The van der Waals surface area contributed by atoms with Gasteiger partial charge in [-0.05, 0) is 24.5 Å². The average molecular weight is 286 g/mol. The van der Waals surface area contributed by atoms with Crippen LogP contribution in [0.1, 0.15) is 49.9 Å². The molecular formula is C15H21ClFNO. The molecule has 19 heavy (non-hydrogen) atoms. The van der Waals surface area contributed by atoms with Gasteiger partial charge in [0.25, 0.3) is 5.91 Å². The zero-order valence-electron chi connectivity index (χ0n) is 11.5. The van der Waals surface area contributed by atoms with E-state index in [2.05, 4.69) is 19.2 Å². The number of amides is 1. The van der Waals surface area contributed by atoms with Gasteiger partial charge in [0.05, 0.1) is 10.6 Å². The van der Waals surface area contributed by atoms with Crippen LogP contribution in [-0.4, -0.2) is 12.5 Å². The van der Waals surface area contributed by atoms with Gasteiger partial charge in [0.2, 0.25) is 0 Å². The van der Waals surface area contributed by atoms with E-state index in [1.54, 1.807) is 6.07 Å². The van der Waals surface area contributed by atoms with E-state index in [0.717, 1.165) is 25.7 Å². The third-order valence-corrected chi connectivity index (χ3v) is 3.58. The van der Waals surface area contributed by atoms with Crippen molar-refractivity contribution < 1.29 is 9.18 Å². The molecule has 0 bridgehead atoms. The van der Waals surface area contributed by atoms with Gasteiger partial charge in [0.1, 0.15) is 0 Å². The smallest absolute Gasteiger partial charge is 0.254 e. The number of carbonyl (C=O) groups is 1. The molecule has 106 valence electrons. The van der Waals surface area contributed by atoms with Gasteiger partial charge in [-0.2, -0.15) is 0 Å². The molecule has 1 aromatic carbocycles. The molecule has 1 rings (SSSR count). The van der Waals surface area contributed by atoms with Crippen LogP contribution in [0.2, 0.25) is 5.02 Å². The van der Waals surface area contributed by atoms with E-state index in [0.29, 0.717) is 12.5 Å². The number of carbonyl (C=O) groups excluding carboxylic acids is 1. The molecule has 2 nitrogen and oxygen atoms in total. The highest BCUT2D eigenvalue weighted by molar-refractivity contribution is 6.31. The van der Waals surface area contributed by atoms with E-state index in [-0.39, 0.29) is 10.6 Å². The van der Waals surface area contributed by atoms with Crippen molar-refractivity contribution in [1.29, 1.82) is 0 Å². The maximum absolute atomic E-state index is 13.7. The molecule has 0 aromatic heterocycles. The summed E-state index contributed by atoms with van der Waals surface area (Å²) in [5.41, 5.74) is 0.0119. The molecule has 0 radical (unpaired) electrons. The highest BCUT2D eigenvalue weighted by Crippen LogP contribution is 2.18. The van der Waals surface area contributed by atoms with E-state index in [1.165, 1.54) is 12.1 Å². The monoisotopic (exact) mass is 285 g/mol. The van der Waals surface area contributed by atoms with Crippen molar-refractivity contribution in [2.24, 2.45) is 5.92 Å². The number of rotatable bonds is 7. The van der Waals surface area contributed by atoms with Crippen LogP contribution in [-0.2, 0) is 0 Å². The lowest BCUT2D eigenvalue weighted by Gasteiger charge is -2.15. The molecule has 0 saturated heterocycles. The summed E-state index contributed by atoms with van der Waals surface area (Å²) in [5, 5.41) is 2.77. The minimum Gasteiger partial charge on any atom is -0.352 e. The van der Waals surface area contributed by atoms with Crippen molar-refractivity contribution in [2.75, 3.05) is 6.54 Å². The van der Waals surface area contributed by atoms with E-state index < -0.39 is 11.7 Å². The van der Waals surface area contributed by atoms with Gasteiger partial charge in [-0.25, -0.2) is 4.39 Å². The van der Waals surface area contributed by atoms with E-state index >= 15 is 0 Å². The standard InChI is InChI=1S/C15H21ClFNO/c1-3-5-7-11(4-2)10-18-15(19)12-8-6-9-13(16)14(12)17/h6,8-9,11H,3-5,7,10H2,1-2H3,(H,18,19). The van der Waals surface area contributed by atoms with Crippen LogP contribution in [0.25, 0.3) is 0 Å². The van der Waals surface area contributed by atoms with Crippen molar-refractivity contribution in [2.45, 2.75) is 39.5 Å². The molecule has 1 atom stereocenters. The van der Waals surface area contributed by atoms with Crippen molar-refractivity contribution >= 4 is 17.5 Å². The first-order chi connectivity index (χ1) is 9.10. The predicted molar refractivity (Wildman–Crippen MR) is 77.0 cm³/mol. The van der Waals surface area contributed by atoms with Crippen LogP contribution in [0.15, 0.2) is 18.2 Å². The molecule has 4 heteroatoms. The SMILES string of the molecule is CCCCC(CC)CNC(=O)c1cccc(Cl)c1F. The summed E-state index contributed by atoms with van der Waals surface area (Å²) in [6.07, 6.45) is 4.40. The van der Waals surface area contributed by atoms with Crippen LogP contribution in [0.3, 0.4) is 0 Å². The van der Waals surface area contributed by atoms with E-state index in [1.807, 2.05) is 0 Å². The Hall–Kier alpha value is -1.09. The summed E-state index contributed by atoms with van der Waals surface area (Å²) < 4.78 is 13.7. The second-order valence-corrected chi connectivity index (χ2v) is 5.14. The van der Waals surface area contributed by atoms with Crippen LogP contribution in [0.4, 0.5) is 4.39 Å². The first-order valence-corrected chi connectivity index (χ1v) is 7.20. The highest BCUT2D eigenvalue weighted by atomic mass is 35.5. The maximum atomic E-state index is 13.7. The van der Waals surface area contributed by atoms with Gasteiger partial charge in [-0.15, -0.1) is 0 Å². The number of benzene rings is 1. The lowest BCUT2D eigenvalue weighted by atomic mass is 9.99. The molecule has 0 fully saturated rings. The summed E-state index contributed by atoms with van der Waals surface area (Å²) in [5.74, 6) is -0.593. The highest BCUT2D eigenvalue weighted by Gasteiger charge is 2.15. The van der Waals surface area contributed by atoms with Gasteiger partial charge in [0.15, 0.2) is 5.82 Å². The van der Waals surface area contributed by atoms with Gasteiger partial charge in [-0.1, -0.05) is 50.8 Å². The Bertz CT molecular complexity index is 423. The number of hydrogen-bond donors (Lipinski definition) is 1. The normalized spacial score (nSPS) is 12.2. The van der Waals surface area contributed by atoms with Gasteiger partial charge in [0, 0.05) is 6.54 Å². The molecule has 1 unspecified atom stereocenters. The Morgan fingerprint density at radius 1 is 1.42 bits per heavy atom. The first-order valence-electron chi connectivity index (χ1n) is 6.82. The minimum atomic E-state index is -0.650. The Labute approximate surface area is 119 Å². The van der Waals surface area contributed by atoms with Gasteiger partial charge >= 0.3 is 0 Å². The van der Waals surface area contributed by atoms with E-state index in [9.17, 15) is 9.18 Å². The fourth-order valence-electron chi connectivity index (χ4n) is 1.95. The Balaban J connectivity index is 2.57. The molecule has 1 aromatic rings. The second-order valence-electron chi connectivity index (χ2n) is 4.73. The Morgan fingerprint density at radius 3 is 2.79 bits per heavy atom. The minimum absolute atomic E-state index is 0.0119. The van der Waals surface area contributed by atoms with Crippen molar-refractivity contribution in [3.8, 4) is 0 Å². The molecule has 1 N–H and O–H groups in total. The zero-order chi connectivity index (χ0) is 14.3. The molecule has 0 saturated carbocycles. The Morgan fingerprint density at radius 2 is 2.16 bits per heavy atom. The summed E-state index contributed by atoms with van der Waals surface area (Å²) in [4.78, 5) is 11.9. The number of unbranched alkanes of at least 4 members (excludes halogenated alkanes) is 1. The van der Waals surface area contributed by atoms with Crippen molar-refractivity contribution in [1.82, 2.24) is 5.32 Å². The Kier molecular flexibility index (Phi) is 6.85. The molecular weight excluding hydrogens is 265 g/mol. The van der Waals surface area contributed by atoms with Crippen molar-refractivity contribution in [3.05, 3.63) is 34.6 Å². The molecule has 0 aliphatic rings. The van der Waals surface area contributed by atoms with Crippen molar-refractivity contribution in [3.63, 3.8) is 0 Å². The number of hydrogen-bond acceptors (Lipinski definition) is 1. The summed E-state index contributed by atoms with van der Waals surface area (Å²) in [6.45, 7) is 4.83. The average Bonchev–Trinajstić information content (AvgIpc) is 2.42. The second kappa shape index (κ2) is 8.16. The van der Waals surface area contributed by atoms with Crippen LogP contribution in [0.5, 0.6) is 0 Å². The lowest BCUT2D eigenvalue weighted by molar-refractivity contribution is 0.0942. The maximum Gasteiger partial charge on any atom is 0.254 e. The lowest BCUT2D eigenvalue weighted by Crippen LogP contribution is -2.29. The topological polar surface area (TPSA) is 29.1 Å². The van der Waals surface area contributed by atoms with Crippen LogP contribution >= 0.6 is 11.6 Å². The first kappa shape index (κ1) is 16.0. The quantitative estimate of drug-likeness (QED) is 0.789. The molecule has 0 aliphatic heterocycles. The third-order valence-electron chi connectivity index (χ3n) is 3.29. The molecule has 1 amide bonds. The summed E-state index contributed by atoms with van der Waals surface area (Å²) in [7, 11) is 0.